The van der Waals surface area contributed by atoms with E-state index in [4.69, 9.17) is 10.3 Å². The highest BCUT2D eigenvalue weighted by atomic mass is 32.2. The zero-order valence-corrected chi connectivity index (χ0v) is 12.9. The van der Waals surface area contributed by atoms with Crippen LogP contribution in [-0.4, -0.2) is 19.9 Å². The van der Waals surface area contributed by atoms with Gasteiger partial charge in [-0.1, -0.05) is 13.3 Å². The van der Waals surface area contributed by atoms with Gasteiger partial charge in [0, 0.05) is 12.7 Å². The van der Waals surface area contributed by atoms with Gasteiger partial charge in [0.15, 0.2) is 0 Å². The summed E-state index contributed by atoms with van der Waals surface area (Å²) in [5.41, 5.74) is 2.81. The highest BCUT2D eigenvalue weighted by molar-refractivity contribution is 7.91. The van der Waals surface area contributed by atoms with Crippen LogP contribution in [0.5, 0.6) is 0 Å². The minimum atomic E-state index is -2.98. The normalized spacial score (nSPS) is 25.6. The molecule has 1 aliphatic carbocycles. The summed E-state index contributed by atoms with van der Waals surface area (Å²) in [5, 5.41) is -0.252. The van der Waals surface area contributed by atoms with Crippen LogP contribution in [0.3, 0.4) is 0 Å². The van der Waals surface area contributed by atoms with Crippen LogP contribution < -0.4 is 11.3 Å². The highest BCUT2D eigenvalue weighted by Gasteiger charge is 2.34. The minimum absolute atomic E-state index is 0.111. The lowest BCUT2D eigenvalue weighted by atomic mass is 9.83. The van der Waals surface area contributed by atoms with Crippen molar-refractivity contribution in [3.8, 4) is 0 Å². The molecule has 2 rings (SSSR count). The van der Waals surface area contributed by atoms with Gasteiger partial charge < -0.3 is 4.42 Å². The molecule has 1 aromatic heterocycles. The fraction of sp³-hybridized carbons (Fsp3) is 0.714. The Hall–Kier alpha value is -0.850. The first-order chi connectivity index (χ1) is 9.45. The van der Waals surface area contributed by atoms with Crippen LogP contribution in [0.1, 0.15) is 50.2 Å². The molecule has 0 spiro atoms. The quantitative estimate of drug-likeness (QED) is 0.641. The number of furan rings is 1. The standard InChI is InChI=1S/C14H24N2O3S/c1-3-11-7-8-13(19-11)14(16-15)10-5-4-6-12(9-10)20(2,17)18/h7-8,10,12,14,16H,3-6,9,15H2,1-2H3. The Morgan fingerprint density at radius 2 is 2.20 bits per heavy atom. The fourth-order valence-corrected chi connectivity index (χ4v) is 4.27. The Kier molecular flexibility index (Phi) is 4.88. The van der Waals surface area contributed by atoms with E-state index in [9.17, 15) is 8.42 Å². The number of hydrazine groups is 1. The van der Waals surface area contributed by atoms with Gasteiger partial charge in [-0.25, -0.2) is 13.8 Å². The first kappa shape index (κ1) is 15.5. The van der Waals surface area contributed by atoms with Gasteiger partial charge in [-0.3, -0.25) is 5.84 Å². The molecule has 5 nitrogen and oxygen atoms in total. The molecule has 0 bridgehead atoms. The molecule has 1 saturated carbocycles. The summed E-state index contributed by atoms with van der Waals surface area (Å²) in [6, 6.07) is 3.78. The van der Waals surface area contributed by atoms with E-state index in [0.29, 0.717) is 6.42 Å². The monoisotopic (exact) mass is 300 g/mol. The van der Waals surface area contributed by atoms with Crippen molar-refractivity contribution in [2.24, 2.45) is 11.8 Å². The van der Waals surface area contributed by atoms with Gasteiger partial charge in [0.25, 0.3) is 0 Å². The maximum absolute atomic E-state index is 11.8. The lowest BCUT2D eigenvalue weighted by Gasteiger charge is -2.32. The number of rotatable bonds is 5. The molecule has 3 N–H and O–H groups in total. The second-order valence-corrected chi connectivity index (χ2v) is 8.01. The third-order valence-corrected chi connectivity index (χ3v) is 5.90. The van der Waals surface area contributed by atoms with Crippen LogP contribution in [0.2, 0.25) is 0 Å². The number of sulfone groups is 1. The third kappa shape index (κ3) is 3.42. The molecule has 1 aromatic rings. The van der Waals surface area contributed by atoms with Crippen molar-refractivity contribution in [2.45, 2.75) is 50.3 Å². The van der Waals surface area contributed by atoms with E-state index in [1.807, 2.05) is 19.1 Å². The predicted octanol–water partition coefficient (Wildman–Crippen LogP) is 1.95. The topological polar surface area (TPSA) is 85.3 Å². The van der Waals surface area contributed by atoms with Gasteiger partial charge in [0.2, 0.25) is 0 Å². The van der Waals surface area contributed by atoms with Crippen LogP contribution in [0.25, 0.3) is 0 Å². The molecule has 1 fully saturated rings. The van der Waals surface area contributed by atoms with E-state index >= 15 is 0 Å². The number of nitrogens with one attached hydrogen (secondary N) is 1. The molecule has 1 aliphatic rings. The summed E-state index contributed by atoms with van der Waals surface area (Å²) in [6.07, 6.45) is 5.47. The van der Waals surface area contributed by atoms with Gasteiger partial charge in [0.05, 0.1) is 11.3 Å². The second-order valence-electron chi connectivity index (χ2n) is 5.68. The Bertz CT molecular complexity index is 538. The summed E-state index contributed by atoms with van der Waals surface area (Å²) in [6.45, 7) is 2.04. The summed E-state index contributed by atoms with van der Waals surface area (Å²) in [7, 11) is -2.98. The van der Waals surface area contributed by atoms with Crippen LogP contribution >= 0.6 is 0 Å². The summed E-state index contributed by atoms with van der Waals surface area (Å²) in [4.78, 5) is 0. The molecule has 114 valence electrons. The van der Waals surface area contributed by atoms with Gasteiger partial charge in [0.1, 0.15) is 21.4 Å². The fourth-order valence-electron chi connectivity index (χ4n) is 3.07. The van der Waals surface area contributed by atoms with Gasteiger partial charge >= 0.3 is 0 Å². The van der Waals surface area contributed by atoms with Crippen LogP contribution in [0, 0.1) is 5.92 Å². The van der Waals surface area contributed by atoms with Gasteiger partial charge in [-0.15, -0.1) is 0 Å². The maximum Gasteiger partial charge on any atom is 0.150 e. The summed E-state index contributed by atoms with van der Waals surface area (Å²) in [5.74, 6) is 7.62. The van der Waals surface area contributed by atoms with E-state index in [-0.39, 0.29) is 17.2 Å². The zero-order chi connectivity index (χ0) is 14.8. The molecule has 3 atom stereocenters. The van der Waals surface area contributed by atoms with Crippen molar-refractivity contribution in [1.29, 1.82) is 0 Å². The molecule has 0 amide bonds. The first-order valence-electron chi connectivity index (χ1n) is 7.19. The lowest BCUT2D eigenvalue weighted by molar-refractivity contribution is 0.244. The Labute approximate surface area is 120 Å². The van der Waals surface area contributed by atoms with Gasteiger partial charge in [-0.2, -0.15) is 0 Å². The Balaban J connectivity index is 2.15. The van der Waals surface area contributed by atoms with Crippen LogP contribution in [-0.2, 0) is 16.3 Å². The van der Waals surface area contributed by atoms with E-state index in [1.165, 1.54) is 6.26 Å². The van der Waals surface area contributed by atoms with Crippen molar-refractivity contribution in [3.63, 3.8) is 0 Å². The van der Waals surface area contributed by atoms with Crippen molar-refractivity contribution < 1.29 is 12.8 Å². The zero-order valence-electron chi connectivity index (χ0n) is 12.1. The molecule has 0 aliphatic heterocycles. The maximum atomic E-state index is 11.8. The van der Waals surface area contributed by atoms with E-state index in [1.54, 1.807) is 0 Å². The molecule has 6 heteroatoms. The van der Waals surface area contributed by atoms with E-state index in [2.05, 4.69) is 5.43 Å². The van der Waals surface area contributed by atoms with Crippen molar-refractivity contribution in [1.82, 2.24) is 5.43 Å². The summed E-state index contributed by atoms with van der Waals surface area (Å²) >= 11 is 0. The van der Waals surface area contributed by atoms with E-state index in [0.717, 1.165) is 37.2 Å². The number of nitrogens with two attached hydrogens (primary N) is 1. The molecule has 0 aromatic carbocycles. The Morgan fingerprint density at radius 3 is 2.75 bits per heavy atom. The van der Waals surface area contributed by atoms with Crippen LogP contribution in [0.4, 0.5) is 0 Å². The van der Waals surface area contributed by atoms with Crippen molar-refractivity contribution >= 4 is 9.84 Å². The number of aryl methyl sites for hydroxylation is 1. The predicted molar refractivity (Wildman–Crippen MR) is 78.7 cm³/mol. The number of hydrogen-bond acceptors (Lipinski definition) is 5. The summed E-state index contributed by atoms with van der Waals surface area (Å²) < 4.78 is 29.3. The average molecular weight is 300 g/mol. The minimum Gasteiger partial charge on any atom is -0.464 e. The van der Waals surface area contributed by atoms with Gasteiger partial charge in [-0.05, 0) is 37.3 Å². The second kappa shape index (κ2) is 6.28. The van der Waals surface area contributed by atoms with Crippen molar-refractivity contribution in [2.75, 3.05) is 6.26 Å². The van der Waals surface area contributed by atoms with Crippen LogP contribution in [0.15, 0.2) is 16.5 Å². The molecule has 20 heavy (non-hydrogen) atoms. The largest absolute Gasteiger partial charge is 0.464 e. The molecular formula is C14H24N2O3S. The molecule has 1 heterocycles. The van der Waals surface area contributed by atoms with E-state index < -0.39 is 9.84 Å². The third-order valence-electron chi connectivity index (χ3n) is 4.26. The van der Waals surface area contributed by atoms with Crippen molar-refractivity contribution in [3.05, 3.63) is 23.7 Å². The lowest BCUT2D eigenvalue weighted by Crippen LogP contribution is -2.38. The number of hydrogen-bond donors (Lipinski definition) is 2. The smallest absolute Gasteiger partial charge is 0.150 e. The molecule has 3 unspecified atom stereocenters. The SMILES string of the molecule is CCc1ccc(C(NN)C2CCCC(S(C)(=O)=O)C2)o1. The first-order valence-corrected chi connectivity index (χ1v) is 9.14. The Morgan fingerprint density at radius 1 is 1.45 bits per heavy atom. The average Bonchev–Trinajstić information content (AvgIpc) is 2.88. The molecule has 0 radical (unpaired) electrons. The molecular weight excluding hydrogens is 276 g/mol. The molecule has 0 saturated heterocycles. The highest BCUT2D eigenvalue weighted by Crippen LogP contribution is 2.37.